The van der Waals surface area contributed by atoms with Crippen molar-refractivity contribution in [3.63, 3.8) is 0 Å². The molecule has 0 fully saturated rings. The van der Waals surface area contributed by atoms with Crippen molar-refractivity contribution in [2.45, 2.75) is 12.2 Å². The highest BCUT2D eigenvalue weighted by Crippen LogP contribution is 2.33. The first kappa shape index (κ1) is 15.1. The molecule has 0 amide bonds. The van der Waals surface area contributed by atoms with Crippen LogP contribution < -0.4 is 15.2 Å². The van der Waals surface area contributed by atoms with Gasteiger partial charge in [0.05, 0.1) is 20.3 Å². The average molecular weight is 303 g/mol. The van der Waals surface area contributed by atoms with Gasteiger partial charge in [0.25, 0.3) is 0 Å². The highest BCUT2D eigenvalue weighted by Gasteiger charge is 2.39. The molecule has 1 heterocycles. The van der Waals surface area contributed by atoms with Crippen LogP contribution in [0, 0.1) is 0 Å². The summed E-state index contributed by atoms with van der Waals surface area (Å²) in [6.45, 7) is 0. The Bertz CT molecular complexity index is 628. The Morgan fingerprint density at radius 2 is 1.95 bits per heavy atom. The number of methoxy groups -OCH3 is 2. The summed E-state index contributed by atoms with van der Waals surface area (Å²) in [5.74, 6) is -0.897. The Hall–Kier alpha value is -2.29. The Morgan fingerprint density at radius 3 is 2.48 bits per heavy atom. The van der Waals surface area contributed by atoms with E-state index in [0.717, 1.165) is 0 Å². The summed E-state index contributed by atoms with van der Waals surface area (Å²) in [5.41, 5.74) is 6.27. The predicted molar refractivity (Wildman–Crippen MR) is 64.9 cm³/mol. The number of alkyl halides is 3. The molecule has 9 heteroatoms. The molecule has 0 bridgehead atoms. The molecule has 1 aromatic heterocycles. The molecule has 6 nitrogen and oxygen atoms in total. The van der Waals surface area contributed by atoms with Crippen LogP contribution >= 0.6 is 0 Å². The maximum absolute atomic E-state index is 12.4. The number of halogens is 3. The van der Waals surface area contributed by atoms with E-state index >= 15 is 0 Å². The van der Waals surface area contributed by atoms with Crippen LogP contribution in [0.3, 0.4) is 0 Å². The molecule has 0 aliphatic rings. The van der Waals surface area contributed by atoms with Crippen LogP contribution in [0.5, 0.6) is 11.5 Å². The molecule has 2 aromatic rings. The molecule has 1 atom stereocenters. The number of hydrogen-bond donors (Lipinski definition) is 1. The Morgan fingerprint density at radius 1 is 1.24 bits per heavy atom. The highest BCUT2D eigenvalue weighted by atomic mass is 19.4. The Kier molecular flexibility index (Phi) is 4.03. The molecule has 2 N–H and O–H groups in total. The van der Waals surface area contributed by atoms with Crippen LogP contribution in [-0.2, 0) is 6.18 Å². The lowest BCUT2D eigenvalue weighted by Gasteiger charge is -2.14. The van der Waals surface area contributed by atoms with Gasteiger partial charge in [0.2, 0.25) is 0 Å². The summed E-state index contributed by atoms with van der Waals surface area (Å²) < 4.78 is 51.7. The fraction of sp³-hybridized carbons (Fsp3) is 0.333. The van der Waals surface area contributed by atoms with Gasteiger partial charge in [-0.25, -0.2) is 0 Å². The van der Waals surface area contributed by atoms with E-state index in [2.05, 4.69) is 14.7 Å². The van der Waals surface area contributed by atoms with Crippen molar-refractivity contribution in [1.29, 1.82) is 0 Å². The molecule has 2 rings (SSSR count). The van der Waals surface area contributed by atoms with Gasteiger partial charge in [-0.3, -0.25) is 0 Å². The van der Waals surface area contributed by atoms with Crippen molar-refractivity contribution in [2.75, 3.05) is 14.2 Å². The minimum absolute atomic E-state index is 0.297. The summed E-state index contributed by atoms with van der Waals surface area (Å²) in [5, 5.41) is 3.26. The topological polar surface area (TPSA) is 83.4 Å². The van der Waals surface area contributed by atoms with Crippen LogP contribution in [0.2, 0.25) is 0 Å². The van der Waals surface area contributed by atoms with Crippen molar-refractivity contribution in [2.24, 2.45) is 5.73 Å². The van der Waals surface area contributed by atoms with E-state index in [0.29, 0.717) is 17.1 Å². The maximum atomic E-state index is 12.4. The van der Waals surface area contributed by atoms with E-state index in [1.807, 2.05) is 0 Å². The van der Waals surface area contributed by atoms with E-state index in [-0.39, 0.29) is 5.82 Å². The maximum Gasteiger partial charge on any atom is 0.471 e. The van der Waals surface area contributed by atoms with Crippen molar-refractivity contribution < 1.29 is 27.2 Å². The number of rotatable bonds is 4. The summed E-state index contributed by atoms with van der Waals surface area (Å²) in [6, 6.07) is 3.70. The first-order valence-electron chi connectivity index (χ1n) is 5.75. The molecular weight excluding hydrogens is 291 g/mol. The molecule has 0 saturated heterocycles. The second-order valence-electron chi connectivity index (χ2n) is 4.04. The molecule has 0 aliphatic heterocycles. The monoisotopic (exact) mass is 303 g/mol. The van der Waals surface area contributed by atoms with Crippen LogP contribution in [0.1, 0.15) is 23.3 Å². The normalized spacial score (nSPS) is 13.0. The molecule has 21 heavy (non-hydrogen) atoms. The standard InChI is InChI=1S/C12H12F3N3O3/c1-19-6-3-4-8(20-2)7(5-6)9(16)10-17-11(21-18-10)12(13,14)15/h3-5,9H,16H2,1-2H3. The van der Waals surface area contributed by atoms with Crippen molar-refractivity contribution in [1.82, 2.24) is 10.1 Å². The van der Waals surface area contributed by atoms with Gasteiger partial charge in [-0.1, -0.05) is 5.16 Å². The second-order valence-corrected chi connectivity index (χ2v) is 4.04. The summed E-state index contributed by atoms with van der Waals surface area (Å²) in [6.07, 6.45) is -4.72. The van der Waals surface area contributed by atoms with E-state index < -0.39 is 18.1 Å². The van der Waals surface area contributed by atoms with E-state index in [4.69, 9.17) is 15.2 Å². The summed E-state index contributed by atoms with van der Waals surface area (Å²) >= 11 is 0. The molecule has 114 valence electrons. The second kappa shape index (κ2) is 5.60. The molecule has 1 aromatic carbocycles. The molecule has 0 aliphatic carbocycles. The zero-order chi connectivity index (χ0) is 15.6. The molecule has 0 radical (unpaired) electrons. The van der Waals surface area contributed by atoms with E-state index in [1.165, 1.54) is 20.3 Å². The molecule has 1 unspecified atom stereocenters. The highest BCUT2D eigenvalue weighted by molar-refractivity contribution is 5.44. The minimum Gasteiger partial charge on any atom is -0.497 e. The number of benzene rings is 1. The molecular formula is C12H12F3N3O3. The third kappa shape index (κ3) is 3.07. The molecule has 0 saturated carbocycles. The van der Waals surface area contributed by atoms with Crippen molar-refractivity contribution in [3.8, 4) is 11.5 Å². The third-order valence-electron chi connectivity index (χ3n) is 2.73. The van der Waals surface area contributed by atoms with Crippen LogP contribution in [0.25, 0.3) is 0 Å². The third-order valence-corrected chi connectivity index (χ3v) is 2.73. The Balaban J connectivity index is 2.39. The SMILES string of the molecule is COc1ccc(OC)c(C(N)c2noc(C(F)(F)F)n2)c1. The Labute approximate surface area is 117 Å². The fourth-order valence-electron chi connectivity index (χ4n) is 1.70. The zero-order valence-electron chi connectivity index (χ0n) is 11.1. The van der Waals surface area contributed by atoms with Crippen LogP contribution in [0.15, 0.2) is 22.7 Å². The van der Waals surface area contributed by atoms with Crippen molar-refractivity contribution in [3.05, 3.63) is 35.5 Å². The minimum atomic E-state index is -4.72. The number of ether oxygens (including phenoxy) is 2. The van der Waals surface area contributed by atoms with Gasteiger partial charge in [0.1, 0.15) is 11.5 Å². The van der Waals surface area contributed by atoms with E-state index in [1.54, 1.807) is 12.1 Å². The number of nitrogens with two attached hydrogens (primary N) is 1. The smallest absolute Gasteiger partial charge is 0.471 e. The van der Waals surface area contributed by atoms with Gasteiger partial charge >= 0.3 is 12.1 Å². The predicted octanol–water partition coefficient (Wildman–Crippen LogP) is 2.15. The van der Waals surface area contributed by atoms with Gasteiger partial charge in [-0.05, 0) is 18.2 Å². The number of hydrogen-bond acceptors (Lipinski definition) is 6. The van der Waals surface area contributed by atoms with Gasteiger partial charge in [-0.15, -0.1) is 0 Å². The lowest BCUT2D eigenvalue weighted by atomic mass is 10.1. The average Bonchev–Trinajstić information content (AvgIpc) is 2.95. The number of nitrogens with zero attached hydrogens (tertiary/aromatic N) is 2. The quantitative estimate of drug-likeness (QED) is 0.931. The summed E-state index contributed by atoms with van der Waals surface area (Å²) in [7, 11) is 2.86. The van der Waals surface area contributed by atoms with Gasteiger partial charge in [0.15, 0.2) is 5.82 Å². The van der Waals surface area contributed by atoms with Gasteiger partial charge in [-0.2, -0.15) is 18.2 Å². The number of aromatic nitrogens is 2. The lowest BCUT2D eigenvalue weighted by Crippen LogP contribution is -2.15. The first-order valence-corrected chi connectivity index (χ1v) is 5.75. The summed E-state index contributed by atoms with van der Waals surface area (Å²) in [4.78, 5) is 3.26. The van der Waals surface area contributed by atoms with Crippen LogP contribution in [0.4, 0.5) is 13.2 Å². The first-order chi connectivity index (χ1) is 9.86. The zero-order valence-corrected chi connectivity index (χ0v) is 11.1. The van der Waals surface area contributed by atoms with Gasteiger partial charge in [0, 0.05) is 5.56 Å². The van der Waals surface area contributed by atoms with E-state index in [9.17, 15) is 13.2 Å². The van der Waals surface area contributed by atoms with Gasteiger partial charge < -0.3 is 19.7 Å². The van der Waals surface area contributed by atoms with Crippen molar-refractivity contribution >= 4 is 0 Å². The van der Waals surface area contributed by atoms with Crippen LogP contribution in [-0.4, -0.2) is 24.4 Å². The molecule has 0 spiro atoms. The lowest BCUT2D eigenvalue weighted by molar-refractivity contribution is -0.159. The fourth-order valence-corrected chi connectivity index (χ4v) is 1.70. The largest absolute Gasteiger partial charge is 0.497 e.